The molecule has 1 saturated carbocycles. The van der Waals surface area contributed by atoms with Gasteiger partial charge in [0.05, 0.1) is 37.8 Å². The second-order valence-corrected chi connectivity index (χ2v) is 11.5. The quantitative estimate of drug-likeness (QED) is 0.221. The number of nitrogens with one attached hydrogen (secondary N) is 1. The molecule has 1 aliphatic carbocycles. The van der Waals surface area contributed by atoms with Gasteiger partial charge in [-0.3, -0.25) is 14.2 Å². The molecule has 3 aromatic heterocycles. The summed E-state index contributed by atoms with van der Waals surface area (Å²) in [6, 6.07) is 7.75. The number of Topliss-reactive ketones (excluding diaryl/α,β-unsaturated/α-hetero) is 1. The van der Waals surface area contributed by atoms with Crippen molar-refractivity contribution >= 4 is 38.4 Å². The van der Waals surface area contributed by atoms with Gasteiger partial charge in [-0.25, -0.2) is 9.67 Å². The van der Waals surface area contributed by atoms with Crippen LogP contribution in [-0.2, 0) is 28.5 Å². The van der Waals surface area contributed by atoms with E-state index in [1.54, 1.807) is 22.0 Å². The van der Waals surface area contributed by atoms with Crippen LogP contribution in [0.5, 0.6) is 0 Å². The minimum atomic E-state index is -3.67. The van der Waals surface area contributed by atoms with Crippen LogP contribution in [-0.4, -0.2) is 78.8 Å². The summed E-state index contributed by atoms with van der Waals surface area (Å²) in [5.41, 5.74) is 4.47. The number of nitrogens with zero attached hydrogens (tertiary/aromatic N) is 6. The number of aliphatic hydroxyl groups excluding tert-OH is 1. The lowest BCUT2D eigenvalue weighted by Gasteiger charge is -2.12. The van der Waals surface area contributed by atoms with E-state index in [4.69, 9.17) is 9.39 Å². The van der Waals surface area contributed by atoms with Crippen LogP contribution >= 0.6 is 0 Å². The number of hydrogen-bond donors (Lipinski definition) is 3. The van der Waals surface area contributed by atoms with Crippen LogP contribution in [0.25, 0.3) is 16.7 Å². The molecular formula is C26H31N7O6S. The third-order valence-corrected chi connectivity index (χ3v) is 6.55. The fourth-order valence-electron chi connectivity index (χ4n) is 4.50. The van der Waals surface area contributed by atoms with E-state index in [0.29, 0.717) is 37.7 Å². The van der Waals surface area contributed by atoms with E-state index < -0.39 is 16.2 Å². The molecular weight excluding hydrogens is 538 g/mol. The molecule has 1 aromatic carbocycles. The highest BCUT2D eigenvalue weighted by molar-refractivity contribution is 7.85. The number of rotatable bonds is 7. The highest BCUT2D eigenvalue weighted by Gasteiger charge is 2.32. The number of aromatic nitrogens is 5. The van der Waals surface area contributed by atoms with Gasteiger partial charge < -0.3 is 15.0 Å². The lowest BCUT2D eigenvalue weighted by atomic mass is 10.1. The number of carbonyl (C=O) groups is 1. The molecule has 3 N–H and O–H groups in total. The SMILES string of the molecule is CS(=O)(=O)O.Cc1nn(-c2ccnc(Nc3ccc4c(c3)c(C(=O)C3CC3)cn4C)n2)cc1CN1C[C@H](O)CO1. The fraction of sp³-hybridized carbons (Fsp3) is 0.385. The molecule has 0 amide bonds. The van der Waals surface area contributed by atoms with Crippen molar-refractivity contribution in [1.82, 2.24) is 29.4 Å². The number of anilines is 2. The summed E-state index contributed by atoms with van der Waals surface area (Å²) < 4.78 is 29.6. The van der Waals surface area contributed by atoms with E-state index in [1.807, 2.05) is 49.1 Å². The topological polar surface area (TPSA) is 165 Å². The van der Waals surface area contributed by atoms with Gasteiger partial charge in [0, 0.05) is 65.3 Å². The molecule has 1 aliphatic heterocycles. The Bertz CT molecular complexity index is 1650. The van der Waals surface area contributed by atoms with Crippen molar-refractivity contribution in [1.29, 1.82) is 0 Å². The molecule has 0 bridgehead atoms. The molecule has 4 heterocycles. The molecule has 14 heteroatoms. The predicted octanol–water partition coefficient (Wildman–Crippen LogP) is 2.41. The van der Waals surface area contributed by atoms with Crippen molar-refractivity contribution in [2.24, 2.45) is 13.0 Å². The molecule has 212 valence electrons. The molecule has 1 atom stereocenters. The second kappa shape index (κ2) is 11.1. The summed E-state index contributed by atoms with van der Waals surface area (Å²) in [5, 5.41) is 20.2. The maximum atomic E-state index is 12.8. The number of hydroxylamine groups is 2. The van der Waals surface area contributed by atoms with Crippen LogP contribution in [0.15, 0.2) is 42.9 Å². The molecule has 40 heavy (non-hydrogen) atoms. The highest BCUT2D eigenvalue weighted by atomic mass is 32.2. The summed E-state index contributed by atoms with van der Waals surface area (Å²) in [6.45, 7) is 3.28. The van der Waals surface area contributed by atoms with E-state index in [9.17, 15) is 18.3 Å². The summed E-state index contributed by atoms with van der Waals surface area (Å²) >= 11 is 0. The van der Waals surface area contributed by atoms with Crippen molar-refractivity contribution in [3.63, 3.8) is 0 Å². The van der Waals surface area contributed by atoms with Gasteiger partial charge in [0.25, 0.3) is 10.1 Å². The third kappa shape index (κ3) is 6.71. The Morgan fingerprint density at radius 1 is 1.23 bits per heavy atom. The Balaban J connectivity index is 0.000000595. The van der Waals surface area contributed by atoms with Gasteiger partial charge >= 0.3 is 0 Å². The van der Waals surface area contributed by atoms with Gasteiger partial charge in [0.1, 0.15) is 0 Å². The minimum absolute atomic E-state index is 0.168. The van der Waals surface area contributed by atoms with Crippen molar-refractivity contribution < 1.29 is 27.7 Å². The predicted molar refractivity (Wildman–Crippen MR) is 147 cm³/mol. The molecule has 0 radical (unpaired) electrons. The molecule has 6 rings (SSSR count). The Labute approximate surface area is 231 Å². The molecule has 4 aromatic rings. The van der Waals surface area contributed by atoms with Crippen LogP contribution in [0.4, 0.5) is 11.6 Å². The first kappa shape index (κ1) is 27.9. The summed E-state index contributed by atoms with van der Waals surface area (Å²) in [7, 11) is -1.70. The van der Waals surface area contributed by atoms with Gasteiger partial charge in [0.15, 0.2) is 11.6 Å². The number of carbonyl (C=O) groups excluding carboxylic acids is 1. The van der Waals surface area contributed by atoms with E-state index in [-0.39, 0.29) is 11.7 Å². The number of ketones is 1. The summed E-state index contributed by atoms with van der Waals surface area (Å²) in [6.07, 6.45) is 7.75. The molecule has 13 nitrogen and oxygen atoms in total. The molecule has 2 aliphatic rings. The van der Waals surface area contributed by atoms with Crippen LogP contribution < -0.4 is 5.32 Å². The third-order valence-electron chi connectivity index (χ3n) is 6.55. The Morgan fingerprint density at radius 2 is 1.98 bits per heavy atom. The van der Waals surface area contributed by atoms with Crippen LogP contribution in [0.3, 0.4) is 0 Å². The van der Waals surface area contributed by atoms with E-state index in [1.165, 1.54) is 0 Å². The Hall–Kier alpha value is -3.69. The number of β-amino-alcohol motifs (C(OH)–C–C–N with tert-alkyl or cyclic N) is 1. The number of aryl methyl sites for hydroxylation is 2. The number of benzene rings is 1. The zero-order chi connectivity index (χ0) is 28.6. The summed E-state index contributed by atoms with van der Waals surface area (Å²) in [5.74, 6) is 1.46. The monoisotopic (exact) mass is 569 g/mol. The maximum absolute atomic E-state index is 12.8. The lowest BCUT2D eigenvalue weighted by molar-refractivity contribution is -0.118. The number of hydrogen-bond acceptors (Lipinski definition) is 10. The van der Waals surface area contributed by atoms with Crippen molar-refractivity contribution in [2.45, 2.75) is 32.4 Å². The zero-order valence-corrected chi connectivity index (χ0v) is 23.2. The average molecular weight is 570 g/mol. The van der Waals surface area contributed by atoms with Gasteiger partial charge in [-0.2, -0.15) is 23.6 Å². The van der Waals surface area contributed by atoms with Crippen LogP contribution in [0, 0.1) is 12.8 Å². The van der Waals surface area contributed by atoms with Crippen molar-refractivity contribution in [3.8, 4) is 5.82 Å². The average Bonchev–Trinajstić information content (AvgIpc) is 3.45. The van der Waals surface area contributed by atoms with Crippen LogP contribution in [0.2, 0.25) is 0 Å². The van der Waals surface area contributed by atoms with Gasteiger partial charge in [-0.1, -0.05) is 0 Å². The Morgan fingerprint density at radius 3 is 2.65 bits per heavy atom. The summed E-state index contributed by atoms with van der Waals surface area (Å²) in [4.78, 5) is 27.3. The van der Waals surface area contributed by atoms with Crippen LogP contribution in [0.1, 0.15) is 34.5 Å². The first-order chi connectivity index (χ1) is 18.9. The number of aliphatic hydroxyl groups is 1. The first-order valence-corrected chi connectivity index (χ1v) is 14.6. The van der Waals surface area contributed by atoms with Crippen molar-refractivity contribution in [2.75, 3.05) is 24.7 Å². The zero-order valence-electron chi connectivity index (χ0n) is 22.4. The first-order valence-electron chi connectivity index (χ1n) is 12.7. The lowest BCUT2D eigenvalue weighted by Crippen LogP contribution is -2.20. The normalized spacial score (nSPS) is 17.6. The van der Waals surface area contributed by atoms with E-state index >= 15 is 0 Å². The maximum Gasteiger partial charge on any atom is 0.261 e. The minimum Gasteiger partial charge on any atom is -0.389 e. The fourth-order valence-corrected chi connectivity index (χ4v) is 4.50. The standard InChI is InChI=1S/C25H27N7O3.CH4O3S/c1-15-17(10-31-12-19(33)14-35-31)11-32(29-15)23-7-8-26-25(28-23)27-18-5-6-22-20(9-18)21(13-30(22)2)24(34)16-3-4-16;1-5(2,3)4/h5-9,11,13,16,19,33H,3-4,10,12,14H2,1-2H3,(H,26,27,28);1H3,(H,2,3,4)/t19-;/m0./s1. The molecule has 2 fully saturated rings. The Kier molecular flexibility index (Phi) is 7.70. The largest absolute Gasteiger partial charge is 0.389 e. The second-order valence-electron chi connectivity index (χ2n) is 10.1. The molecule has 0 spiro atoms. The smallest absolute Gasteiger partial charge is 0.261 e. The van der Waals surface area contributed by atoms with E-state index in [2.05, 4.69) is 20.4 Å². The highest BCUT2D eigenvalue weighted by Crippen LogP contribution is 2.36. The van der Waals surface area contributed by atoms with Gasteiger partial charge in [-0.15, -0.1) is 0 Å². The molecule has 1 saturated heterocycles. The number of fused-ring (bicyclic) bond motifs is 1. The van der Waals surface area contributed by atoms with Gasteiger partial charge in [-0.05, 0) is 38.0 Å². The van der Waals surface area contributed by atoms with E-state index in [0.717, 1.165) is 46.3 Å². The molecule has 0 unspecified atom stereocenters. The van der Waals surface area contributed by atoms with Crippen molar-refractivity contribution in [3.05, 3.63) is 59.7 Å². The van der Waals surface area contributed by atoms with Gasteiger partial charge in [0.2, 0.25) is 5.95 Å².